The Morgan fingerprint density at radius 2 is 0.740 bits per heavy atom. The van der Waals surface area contributed by atoms with Gasteiger partial charge in [-0.1, -0.05) is 198 Å². The quantitative estimate of drug-likeness (QED) is 0.0195. The van der Waals surface area contributed by atoms with Gasteiger partial charge in [0.15, 0.2) is 12.4 Å². The van der Waals surface area contributed by atoms with Crippen molar-refractivity contribution in [3.63, 3.8) is 0 Å². The van der Waals surface area contributed by atoms with Crippen LogP contribution in [-0.4, -0.2) is 82.3 Å². The van der Waals surface area contributed by atoms with Gasteiger partial charge < -0.3 is 33.3 Å². The van der Waals surface area contributed by atoms with Crippen LogP contribution in [0.5, 0.6) is 0 Å². The van der Waals surface area contributed by atoms with Gasteiger partial charge in [0, 0.05) is 12.8 Å². The van der Waals surface area contributed by atoms with Crippen molar-refractivity contribution in [3.05, 3.63) is 146 Å². The highest BCUT2D eigenvalue weighted by atomic mass is 16.7. The van der Waals surface area contributed by atoms with Crippen LogP contribution >= 0.6 is 0 Å². The van der Waals surface area contributed by atoms with E-state index in [-0.39, 0.29) is 38.6 Å². The molecule has 0 aliphatic rings. The maximum atomic E-state index is 12.8. The summed E-state index contributed by atoms with van der Waals surface area (Å²) in [6.07, 6.45) is 74.5. The summed E-state index contributed by atoms with van der Waals surface area (Å²) in [5.41, 5.74) is 0. The minimum absolute atomic E-state index is 0.129. The molecular formula is C64H101NO8. The fourth-order valence-corrected chi connectivity index (χ4v) is 6.83. The van der Waals surface area contributed by atoms with E-state index in [2.05, 4.69) is 160 Å². The molecule has 0 radical (unpaired) electrons. The van der Waals surface area contributed by atoms with Gasteiger partial charge in [-0.05, 0) is 116 Å². The Morgan fingerprint density at radius 3 is 1.11 bits per heavy atom. The van der Waals surface area contributed by atoms with Crippen LogP contribution in [0, 0.1) is 0 Å². The molecule has 0 heterocycles. The summed E-state index contributed by atoms with van der Waals surface area (Å²) < 4.78 is 22.6. The summed E-state index contributed by atoms with van der Waals surface area (Å²) in [6.45, 7) is 4.43. The van der Waals surface area contributed by atoms with Crippen LogP contribution in [0.2, 0.25) is 0 Å². The Balaban J connectivity index is 4.43. The van der Waals surface area contributed by atoms with Crippen LogP contribution < -0.4 is 5.11 Å². The Bertz CT molecular complexity index is 1700. The summed E-state index contributed by atoms with van der Waals surface area (Å²) >= 11 is 0. The molecule has 0 N–H and O–H groups in total. The largest absolute Gasteiger partial charge is 0.545 e. The number of rotatable bonds is 49. The van der Waals surface area contributed by atoms with E-state index in [4.69, 9.17) is 18.9 Å². The number of allylic oxidation sites excluding steroid dienone is 24. The van der Waals surface area contributed by atoms with Crippen LogP contribution in [0.3, 0.4) is 0 Å². The number of hydrogen-bond donors (Lipinski definition) is 0. The van der Waals surface area contributed by atoms with Gasteiger partial charge in [-0.25, -0.2) is 0 Å². The molecule has 0 aromatic carbocycles. The van der Waals surface area contributed by atoms with Crippen LogP contribution in [0.4, 0.5) is 0 Å². The van der Waals surface area contributed by atoms with Gasteiger partial charge in [0.2, 0.25) is 0 Å². The third-order valence-corrected chi connectivity index (χ3v) is 11.1. The van der Waals surface area contributed by atoms with Crippen LogP contribution in [0.25, 0.3) is 0 Å². The van der Waals surface area contributed by atoms with E-state index in [9.17, 15) is 19.5 Å². The number of carboxylic acids is 1. The molecule has 9 heteroatoms. The molecule has 0 saturated carbocycles. The first-order valence-corrected chi connectivity index (χ1v) is 28.0. The van der Waals surface area contributed by atoms with E-state index in [0.29, 0.717) is 23.9 Å². The van der Waals surface area contributed by atoms with Crippen molar-refractivity contribution in [1.29, 1.82) is 0 Å². The Kier molecular flexibility index (Phi) is 49.9. The number of ether oxygens (including phenoxy) is 4. The molecule has 0 bridgehead atoms. The van der Waals surface area contributed by atoms with Gasteiger partial charge in [-0.3, -0.25) is 9.59 Å². The molecule has 0 aliphatic carbocycles. The van der Waals surface area contributed by atoms with Gasteiger partial charge >= 0.3 is 11.9 Å². The molecule has 0 aromatic rings. The zero-order valence-electron chi connectivity index (χ0n) is 46.4. The number of carbonyl (C=O) groups is 3. The maximum Gasteiger partial charge on any atom is 0.306 e. The van der Waals surface area contributed by atoms with Crippen molar-refractivity contribution in [3.8, 4) is 0 Å². The van der Waals surface area contributed by atoms with Crippen molar-refractivity contribution >= 4 is 17.9 Å². The highest BCUT2D eigenvalue weighted by molar-refractivity contribution is 5.70. The van der Waals surface area contributed by atoms with E-state index < -0.39 is 24.3 Å². The van der Waals surface area contributed by atoms with Crippen molar-refractivity contribution in [2.45, 2.75) is 193 Å². The van der Waals surface area contributed by atoms with E-state index in [1.54, 1.807) is 0 Å². The summed E-state index contributed by atoms with van der Waals surface area (Å²) in [5, 5.41) is 11.8. The molecule has 0 rings (SSSR count). The average molecular weight is 1010 g/mol. The second kappa shape index (κ2) is 53.5. The standard InChI is InChI=1S/C64H101NO8/c1-6-8-10-12-14-16-18-20-22-24-26-28-30-31-33-35-37-39-41-43-45-47-49-51-53-55-62(67)73-60(59-72-64(63(68)69)70-57-56-65(3,4)5)58-71-61(66)54-52-50-48-46-44-42-40-38-36-34-32-29-27-25-23-21-19-17-15-13-11-9-7-2/h8-11,14-17,20-23,26-29,31,33-34,36-37,39,43,45,60,64H,6-7,12-13,18-19,24-25,30,32,35,38,40-42,44,46-59H2,1-5H3/b10-8-,11-9-,16-14-,17-15-,22-20-,23-21-,28-26-,29-27-,33-31-,36-34-,39-37-,45-43-. The van der Waals surface area contributed by atoms with Crippen molar-refractivity contribution in [1.82, 2.24) is 0 Å². The molecule has 2 atom stereocenters. The lowest BCUT2D eigenvalue weighted by Crippen LogP contribution is -2.44. The minimum Gasteiger partial charge on any atom is -0.545 e. The molecule has 0 fully saturated rings. The summed E-state index contributed by atoms with van der Waals surface area (Å²) in [4.78, 5) is 37.3. The van der Waals surface area contributed by atoms with Gasteiger partial charge in [-0.2, -0.15) is 0 Å². The first-order valence-electron chi connectivity index (χ1n) is 28.0. The number of carboxylic acid groups (broad SMARTS) is 1. The van der Waals surface area contributed by atoms with Crippen LogP contribution in [0.1, 0.15) is 181 Å². The van der Waals surface area contributed by atoms with Gasteiger partial charge in [0.05, 0.1) is 40.3 Å². The van der Waals surface area contributed by atoms with E-state index in [0.717, 1.165) is 122 Å². The molecule has 0 spiro atoms. The number of unbranched alkanes of at least 4 members (excludes halogenated alkanes) is 10. The Labute approximate surface area is 445 Å². The summed E-state index contributed by atoms with van der Waals surface area (Å²) in [5.74, 6) is -2.37. The lowest BCUT2D eigenvalue weighted by atomic mass is 10.1. The predicted molar refractivity (Wildman–Crippen MR) is 306 cm³/mol. The van der Waals surface area contributed by atoms with Crippen molar-refractivity contribution < 1.29 is 42.9 Å². The molecular weight excluding hydrogens is 911 g/mol. The smallest absolute Gasteiger partial charge is 0.306 e. The van der Waals surface area contributed by atoms with Gasteiger partial charge in [-0.15, -0.1) is 0 Å². The number of hydrogen-bond acceptors (Lipinski definition) is 8. The number of quaternary nitrogens is 1. The number of nitrogens with zero attached hydrogens (tertiary/aromatic N) is 1. The second-order valence-corrected chi connectivity index (χ2v) is 19.1. The number of esters is 2. The Morgan fingerprint density at radius 1 is 0.411 bits per heavy atom. The number of aliphatic carboxylic acids is 1. The van der Waals surface area contributed by atoms with Crippen molar-refractivity contribution in [2.24, 2.45) is 0 Å². The van der Waals surface area contributed by atoms with E-state index in [1.165, 1.54) is 19.3 Å². The topological polar surface area (TPSA) is 111 Å². The lowest BCUT2D eigenvalue weighted by molar-refractivity contribution is -0.870. The zero-order valence-corrected chi connectivity index (χ0v) is 46.4. The Hall–Kier alpha value is -4.83. The minimum atomic E-state index is -1.64. The molecule has 0 aromatic heterocycles. The molecule has 0 aliphatic heterocycles. The SMILES string of the molecule is CC/C=C\C/C=C\C/C=C\C/C=C\C/C=C\C/C=C\C/C=C\CCCCCC(=O)OC(COC(=O)CCCCCCCCC/C=C\C/C=C\C/C=C\C/C=C\C/C=C\CC)COC(OCC[N+](C)(C)C)C(=O)[O-]. The predicted octanol–water partition coefficient (Wildman–Crippen LogP) is 15.1. The third-order valence-electron chi connectivity index (χ3n) is 11.1. The summed E-state index contributed by atoms with van der Waals surface area (Å²) in [7, 11) is 5.89. The normalized spacial score (nSPS) is 13.9. The third kappa shape index (κ3) is 54.8. The van der Waals surface area contributed by atoms with Gasteiger partial charge in [0.1, 0.15) is 13.2 Å². The van der Waals surface area contributed by atoms with Crippen LogP contribution in [0.15, 0.2) is 146 Å². The van der Waals surface area contributed by atoms with E-state index >= 15 is 0 Å². The first-order chi connectivity index (χ1) is 35.6. The van der Waals surface area contributed by atoms with Gasteiger partial charge in [0.25, 0.3) is 0 Å². The maximum absolute atomic E-state index is 12.8. The molecule has 0 saturated heterocycles. The summed E-state index contributed by atoms with van der Waals surface area (Å²) in [6, 6.07) is 0. The lowest BCUT2D eigenvalue weighted by Gasteiger charge is -2.26. The fraction of sp³-hybridized carbons (Fsp3) is 0.578. The molecule has 410 valence electrons. The van der Waals surface area contributed by atoms with Crippen molar-refractivity contribution in [2.75, 3.05) is 47.5 Å². The number of likely N-dealkylation sites (N-methyl/N-ethyl adjacent to an activating group) is 1. The number of carbonyl (C=O) groups excluding carboxylic acids is 3. The molecule has 2 unspecified atom stereocenters. The average Bonchev–Trinajstić information content (AvgIpc) is 3.36. The fourth-order valence-electron chi connectivity index (χ4n) is 6.83. The molecule has 0 amide bonds. The molecule has 9 nitrogen and oxygen atoms in total. The highest BCUT2D eigenvalue weighted by Crippen LogP contribution is 2.13. The first kappa shape index (κ1) is 68.2. The van der Waals surface area contributed by atoms with Crippen LogP contribution in [-0.2, 0) is 33.3 Å². The van der Waals surface area contributed by atoms with E-state index in [1.807, 2.05) is 21.1 Å². The second-order valence-electron chi connectivity index (χ2n) is 19.1. The highest BCUT2D eigenvalue weighted by Gasteiger charge is 2.21. The monoisotopic (exact) mass is 1010 g/mol. The molecule has 73 heavy (non-hydrogen) atoms. The zero-order chi connectivity index (χ0) is 53.4.